The second-order valence-electron chi connectivity index (χ2n) is 3.91. The Hall–Kier alpha value is 0.210. The minimum Gasteiger partial charge on any atom is -0.315 e. The summed E-state index contributed by atoms with van der Waals surface area (Å²) < 4.78 is 0. The summed E-state index contributed by atoms with van der Waals surface area (Å²) in [6.07, 6.45) is 8.00. The summed E-state index contributed by atoms with van der Waals surface area (Å²) in [7, 11) is 0. The molecule has 2 nitrogen and oxygen atoms in total. The Kier molecular flexibility index (Phi) is 19.5. The quantitative estimate of drug-likeness (QED) is 0.539. The van der Waals surface area contributed by atoms with Gasteiger partial charge in [-0.05, 0) is 25.9 Å². The summed E-state index contributed by atoms with van der Waals surface area (Å²) in [5, 5.41) is 6.90. The number of rotatable bonds is 11. The number of unbranched alkanes of at least 4 members (excludes halogenated alkanes) is 4. The van der Waals surface area contributed by atoms with Gasteiger partial charge in [-0.1, -0.05) is 39.5 Å². The van der Waals surface area contributed by atoms with E-state index in [1.165, 1.54) is 51.6 Å². The molecule has 3 heteroatoms. The molecule has 0 fully saturated rings. The first-order chi connectivity index (χ1) is 6.91. The van der Waals surface area contributed by atoms with Gasteiger partial charge in [0.1, 0.15) is 0 Å². The molecule has 0 bridgehead atoms. The second-order valence-corrected chi connectivity index (χ2v) is 3.91. The zero-order valence-electron chi connectivity index (χ0n) is 10.5. The van der Waals surface area contributed by atoms with Crippen LogP contribution in [0.15, 0.2) is 0 Å². The van der Waals surface area contributed by atoms with Crippen molar-refractivity contribution in [3.8, 4) is 0 Å². The Balaban J connectivity index is 0. The van der Waals surface area contributed by atoms with E-state index in [0.29, 0.717) is 0 Å². The highest BCUT2D eigenvalue weighted by Crippen LogP contribution is 1.91. The Bertz CT molecular complexity index is 87.6. The summed E-state index contributed by atoms with van der Waals surface area (Å²) >= 11 is 0. The third-order valence-electron chi connectivity index (χ3n) is 2.39. The first kappa shape index (κ1) is 17.6. The average molecular weight is 237 g/mol. The SMILES string of the molecule is CCCCCNCCNCCCCC.Cl. The summed E-state index contributed by atoms with van der Waals surface area (Å²) in [4.78, 5) is 0. The highest BCUT2D eigenvalue weighted by atomic mass is 35.5. The number of halogens is 1. The molecule has 0 amide bonds. The van der Waals surface area contributed by atoms with Gasteiger partial charge >= 0.3 is 0 Å². The minimum absolute atomic E-state index is 0. The second kappa shape index (κ2) is 16.6. The van der Waals surface area contributed by atoms with Crippen LogP contribution in [0.2, 0.25) is 0 Å². The van der Waals surface area contributed by atoms with Crippen LogP contribution in [0.4, 0.5) is 0 Å². The normalized spacial score (nSPS) is 10.0. The molecule has 0 spiro atoms. The van der Waals surface area contributed by atoms with Crippen molar-refractivity contribution in [3.63, 3.8) is 0 Å². The largest absolute Gasteiger partial charge is 0.315 e. The molecule has 0 radical (unpaired) electrons. The maximum atomic E-state index is 3.45. The van der Waals surface area contributed by atoms with Crippen molar-refractivity contribution >= 4 is 12.4 Å². The molecule has 0 aromatic rings. The van der Waals surface area contributed by atoms with Crippen LogP contribution in [0.25, 0.3) is 0 Å². The highest BCUT2D eigenvalue weighted by molar-refractivity contribution is 5.85. The van der Waals surface area contributed by atoms with Crippen molar-refractivity contribution < 1.29 is 0 Å². The van der Waals surface area contributed by atoms with E-state index in [1.54, 1.807) is 0 Å². The molecule has 15 heavy (non-hydrogen) atoms. The lowest BCUT2D eigenvalue weighted by Gasteiger charge is -2.05. The predicted molar refractivity (Wildman–Crippen MR) is 72.0 cm³/mol. The van der Waals surface area contributed by atoms with Gasteiger partial charge in [0.15, 0.2) is 0 Å². The fourth-order valence-corrected chi connectivity index (χ4v) is 1.43. The first-order valence-corrected chi connectivity index (χ1v) is 6.33. The molecule has 94 valence electrons. The number of nitrogens with one attached hydrogen (secondary N) is 2. The van der Waals surface area contributed by atoms with Crippen LogP contribution < -0.4 is 10.6 Å². The molecule has 0 heterocycles. The van der Waals surface area contributed by atoms with Gasteiger partial charge in [0.25, 0.3) is 0 Å². The smallest absolute Gasteiger partial charge is 0.00767 e. The van der Waals surface area contributed by atoms with Gasteiger partial charge < -0.3 is 10.6 Å². The average Bonchev–Trinajstić information content (AvgIpc) is 2.21. The Morgan fingerprint density at radius 1 is 0.600 bits per heavy atom. The van der Waals surface area contributed by atoms with Gasteiger partial charge in [0.05, 0.1) is 0 Å². The van der Waals surface area contributed by atoms with E-state index in [2.05, 4.69) is 24.5 Å². The van der Waals surface area contributed by atoms with Crippen LogP contribution in [-0.4, -0.2) is 26.2 Å². The van der Waals surface area contributed by atoms with Crippen molar-refractivity contribution in [1.29, 1.82) is 0 Å². The molecule has 0 saturated carbocycles. The van der Waals surface area contributed by atoms with Crippen molar-refractivity contribution in [3.05, 3.63) is 0 Å². The van der Waals surface area contributed by atoms with Gasteiger partial charge in [-0.25, -0.2) is 0 Å². The van der Waals surface area contributed by atoms with Crippen LogP contribution in [0.5, 0.6) is 0 Å². The number of hydrogen-bond acceptors (Lipinski definition) is 2. The van der Waals surface area contributed by atoms with Crippen molar-refractivity contribution in [2.24, 2.45) is 0 Å². The van der Waals surface area contributed by atoms with Crippen LogP contribution >= 0.6 is 12.4 Å². The van der Waals surface area contributed by atoms with Gasteiger partial charge in [0.2, 0.25) is 0 Å². The van der Waals surface area contributed by atoms with Gasteiger partial charge in [-0.3, -0.25) is 0 Å². The van der Waals surface area contributed by atoms with Crippen molar-refractivity contribution in [2.75, 3.05) is 26.2 Å². The van der Waals surface area contributed by atoms with Gasteiger partial charge in [0, 0.05) is 13.1 Å². The lowest BCUT2D eigenvalue weighted by molar-refractivity contribution is 0.565. The Morgan fingerprint density at radius 3 is 1.33 bits per heavy atom. The molecule has 0 aliphatic heterocycles. The Morgan fingerprint density at radius 2 is 1.00 bits per heavy atom. The molecule has 0 aromatic heterocycles. The molecule has 0 aromatic carbocycles. The zero-order valence-corrected chi connectivity index (χ0v) is 11.3. The van der Waals surface area contributed by atoms with E-state index in [-0.39, 0.29) is 12.4 Å². The van der Waals surface area contributed by atoms with Crippen molar-refractivity contribution in [1.82, 2.24) is 10.6 Å². The lowest BCUT2D eigenvalue weighted by atomic mass is 10.2. The van der Waals surface area contributed by atoms with E-state index in [1.807, 2.05) is 0 Å². The third kappa shape index (κ3) is 16.9. The maximum Gasteiger partial charge on any atom is 0.00767 e. The van der Waals surface area contributed by atoms with Gasteiger partial charge in [-0.2, -0.15) is 0 Å². The van der Waals surface area contributed by atoms with E-state index in [4.69, 9.17) is 0 Å². The Labute approximate surface area is 102 Å². The molecule has 0 aliphatic rings. The van der Waals surface area contributed by atoms with Gasteiger partial charge in [-0.15, -0.1) is 12.4 Å². The standard InChI is InChI=1S/C12H28N2.ClH/c1-3-5-7-9-13-11-12-14-10-8-6-4-2;/h13-14H,3-12H2,1-2H3;1H. The molecule has 0 aliphatic carbocycles. The van der Waals surface area contributed by atoms with Crippen LogP contribution in [0.1, 0.15) is 52.4 Å². The van der Waals surface area contributed by atoms with E-state index >= 15 is 0 Å². The number of hydrogen-bond donors (Lipinski definition) is 2. The third-order valence-corrected chi connectivity index (χ3v) is 2.39. The summed E-state index contributed by atoms with van der Waals surface area (Å²) in [6, 6.07) is 0. The van der Waals surface area contributed by atoms with Crippen LogP contribution in [-0.2, 0) is 0 Å². The topological polar surface area (TPSA) is 24.1 Å². The summed E-state index contributed by atoms with van der Waals surface area (Å²) in [5.41, 5.74) is 0. The van der Waals surface area contributed by atoms with Crippen LogP contribution in [0, 0.1) is 0 Å². The summed E-state index contributed by atoms with van der Waals surface area (Å²) in [6.45, 7) is 9.10. The molecule has 0 rings (SSSR count). The minimum atomic E-state index is 0. The van der Waals surface area contributed by atoms with E-state index in [9.17, 15) is 0 Å². The first-order valence-electron chi connectivity index (χ1n) is 6.33. The molecule has 2 N–H and O–H groups in total. The monoisotopic (exact) mass is 236 g/mol. The lowest BCUT2D eigenvalue weighted by Crippen LogP contribution is -2.28. The zero-order chi connectivity index (χ0) is 10.5. The van der Waals surface area contributed by atoms with E-state index < -0.39 is 0 Å². The predicted octanol–water partition coefficient (Wildman–Crippen LogP) is 2.97. The molecule has 0 atom stereocenters. The molecule has 0 saturated heterocycles. The maximum absolute atomic E-state index is 3.45. The van der Waals surface area contributed by atoms with E-state index in [0.717, 1.165) is 13.1 Å². The van der Waals surface area contributed by atoms with Crippen LogP contribution in [0.3, 0.4) is 0 Å². The molecule has 0 unspecified atom stereocenters. The molecular formula is C12H29ClN2. The summed E-state index contributed by atoms with van der Waals surface area (Å²) in [5.74, 6) is 0. The highest BCUT2D eigenvalue weighted by Gasteiger charge is 1.88. The fraction of sp³-hybridized carbons (Fsp3) is 1.00. The molecular weight excluding hydrogens is 208 g/mol. The van der Waals surface area contributed by atoms with Crippen molar-refractivity contribution in [2.45, 2.75) is 52.4 Å². The fourth-order valence-electron chi connectivity index (χ4n) is 1.43.